The number of thiazole rings is 1. The molecule has 7 heteroatoms. The summed E-state index contributed by atoms with van der Waals surface area (Å²) in [5, 5.41) is 5.72. The summed E-state index contributed by atoms with van der Waals surface area (Å²) in [7, 11) is 0. The Bertz CT molecular complexity index is 596. The van der Waals surface area contributed by atoms with Crippen LogP contribution in [0.1, 0.15) is 5.01 Å². The Morgan fingerprint density at radius 1 is 1.33 bits per heavy atom. The van der Waals surface area contributed by atoms with E-state index in [0.29, 0.717) is 32.8 Å². The van der Waals surface area contributed by atoms with Crippen LogP contribution in [0.15, 0.2) is 29.8 Å². The quantitative estimate of drug-likeness (QED) is 0.938. The highest BCUT2D eigenvalue weighted by Gasteiger charge is 2.16. The van der Waals surface area contributed by atoms with Gasteiger partial charge in [-0.1, -0.05) is 6.07 Å². The highest BCUT2D eigenvalue weighted by molar-refractivity contribution is 7.09. The zero-order valence-electron chi connectivity index (χ0n) is 11.5. The van der Waals surface area contributed by atoms with Gasteiger partial charge in [-0.3, -0.25) is 4.98 Å². The molecule has 0 spiro atoms. The van der Waals surface area contributed by atoms with E-state index in [1.165, 1.54) is 11.3 Å². The second-order valence-corrected chi connectivity index (χ2v) is 5.54. The van der Waals surface area contributed by atoms with Crippen molar-refractivity contribution in [1.29, 1.82) is 0 Å². The highest BCUT2D eigenvalue weighted by atomic mass is 32.1. The zero-order chi connectivity index (χ0) is 14.5. The van der Waals surface area contributed by atoms with Crippen LogP contribution in [0, 0.1) is 0 Å². The second-order valence-electron chi connectivity index (χ2n) is 4.60. The van der Waals surface area contributed by atoms with Crippen LogP contribution < -0.4 is 5.32 Å². The molecule has 2 aromatic heterocycles. The molecule has 1 saturated heterocycles. The van der Waals surface area contributed by atoms with E-state index in [9.17, 15) is 4.79 Å². The van der Waals surface area contributed by atoms with Crippen molar-refractivity contribution in [2.75, 3.05) is 26.3 Å². The minimum Gasteiger partial charge on any atom is -0.378 e. The lowest BCUT2D eigenvalue weighted by atomic mass is 10.3. The fourth-order valence-corrected chi connectivity index (χ4v) is 2.78. The van der Waals surface area contributed by atoms with Gasteiger partial charge in [0.25, 0.3) is 0 Å². The van der Waals surface area contributed by atoms with Gasteiger partial charge in [-0.25, -0.2) is 9.78 Å². The van der Waals surface area contributed by atoms with Crippen LogP contribution in [-0.4, -0.2) is 47.2 Å². The zero-order valence-corrected chi connectivity index (χ0v) is 12.3. The molecule has 2 amide bonds. The summed E-state index contributed by atoms with van der Waals surface area (Å²) in [5.41, 5.74) is 1.69. The highest BCUT2D eigenvalue weighted by Crippen LogP contribution is 2.19. The molecule has 0 aromatic carbocycles. The molecule has 3 heterocycles. The molecule has 1 aliphatic heterocycles. The van der Waals surface area contributed by atoms with Crippen LogP contribution in [0.2, 0.25) is 0 Å². The first-order valence-corrected chi connectivity index (χ1v) is 7.67. The predicted molar refractivity (Wildman–Crippen MR) is 80.0 cm³/mol. The standard InChI is InChI=1S/C14H16N4O2S/c19-14(18-5-7-20-8-6-18)16-9-13-17-12(10-21-13)11-3-1-2-4-15-11/h1-4,10H,5-9H2,(H,16,19). The van der Waals surface area contributed by atoms with Gasteiger partial charge in [0.1, 0.15) is 5.01 Å². The largest absolute Gasteiger partial charge is 0.378 e. The molecular formula is C14H16N4O2S. The first-order valence-electron chi connectivity index (χ1n) is 6.79. The Morgan fingerprint density at radius 3 is 2.95 bits per heavy atom. The molecule has 0 atom stereocenters. The van der Waals surface area contributed by atoms with Crippen LogP contribution in [0.3, 0.4) is 0 Å². The third-order valence-corrected chi connectivity index (χ3v) is 4.02. The lowest BCUT2D eigenvalue weighted by Gasteiger charge is -2.26. The molecule has 1 fully saturated rings. The number of urea groups is 1. The van der Waals surface area contributed by atoms with Crippen LogP contribution in [-0.2, 0) is 11.3 Å². The summed E-state index contributed by atoms with van der Waals surface area (Å²) in [6, 6.07) is 5.67. The van der Waals surface area contributed by atoms with Gasteiger partial charge in [0.05, 0.1) is 31.1 Å². The molecular weight excluding hydrogens is 288 g/mol. The number of hydrogen-bond donors (Lipinski definition) is 1. The molecule has 6 nitrogen and oxygen atoms in total. The maximum Gasteiger partial charge on any atom is 0.317 e. The number of carbonyl (C=O) groups excluding carboxylic acids is 1. The summed E-state index contributed by atoms with van der Waals surface area (Å²) in [4.78, 5) is 22.5. The predicted octanol–water partition coefficient (Wildman–Crippen LogP) is 1.75. The van der Waals surface area contributed by atoms with Gasteiger partial charge < -0.3 is 15.0 Å². The lowest BCUT2D eigenvalue weighted by Crippen LogP contribution is -2.45. The van der Waals surface area contributed by atoms with Gasteiger partial charge in [0.2, 0.25) is 0 Å². The maximum absolute atomic E-state index is 12.0. The summed E-state index contributed by atoms with van der Waals surface area (Å²) in [6.07, 6.45) is 1.74. The third-order valence-electron chi connectivity index (χ3n) is 3.17. The molecule has 0 bridgehead atoms. The number of ether oxygens (including phenoxy) is 1. The van der Waals surface area contributed by atoms with E-state index in [0.717, 1.165) is 16.4 Å². The van der Waals surface area contributed by atoms with Crippen molar-refractivity contribution in [3.05, 3.63) is 34.8 Å². The van der Waals surface area contributed by atoms with Gasteiger partial charge >= 0.3 is 6.03 Å². The molecule has 2 aromatic rings. The smallest absolute Gasteiger partial charge is 0.317 e. The van der Waals surface area contributed by atoms with Crippen LogP contribution in [0.25, 0.3) is 11.4 Å². The number of carbonyl (C=O) groups is 1. The van der Waals surface area contributed by atoms with Crippen molar-refractivity contribution in [3.8, 4) is 11.4 Å². The van der Waals surface area contributed by atoms with Crippen molar-refractivity contribution in [2.24, 2.45) is 0 Å². The Balaban J connectivity index is 1.56. The van der Waals surface area contributed by atoms with Crippen molar-refractivity contribution < 1.29 is 9.53 Å². The van der Waals surface area contributed by atoms with Crippen LogP contribution in [0.5, 0.6) is 0 Å². The Morgan fingerprint density at radius 2 is 2.19 bits per heavy atom. The van der Waals surface area contributed by atoms with E-state index in [1.807, 2.05) is 23.6 Å². The summed E-state index contributed by atoms with van der Waals surface area (Å²) >= 11 is 1.52. The van der Waals surface area contributed by atoms with Gasteiger partial charge in [0, 0.05) is 24.7 Å². The number of hydrogen-bond acceptors (Lipinski definition) is 5. The van der Waals surface area contributed by atoms with E-state index < -0.39 is 0 Å². The first kappa shape index (κ1) is 14.0. The molecule has 0 radical (unpaired) electrons. The minimum atomic E-state index is -0.0621. The normalized spacial score (nSPS) is 15.0. The average Bonchev–Trinajstić information content (AvgIpc) is 3.03. The Kier molecular flexibility index (Phi) is 4.42. The molecule has 0 saturated carbocycles. The maximum atomic E-state index is 12.0. The lowest BCUT2D eigenvalue weighted by molar-refractivity contribution is 0.0531. The van der Waals surface area contributed by atoms with Crippen molar-refractivity contribution in [2.45, 2.75) is 6.54 Å². The van der Waals surface area contributed by atoms with Gasteiger partial charge in [-0.2, -0.15) is 0 Å². The Labute approximate surface area is 126 Å². The van der Waals surface area contributed by atoms with Gasteiger partial charge in [-0.05, 0) is 12.1 Å². The molecule has 3 rings (SSSR count). The van der Waals surface area contributed by atoms with Gasteiger partial charge in [-0.15, -0.1) is 11.3 Å². The van der Waals surface area contributed by atoms with Crippen LogP contribution >= 0.6 is 11.3 Å². The fourth-order valence-electron chi connectivity index (χ4n) is 2.05. The first-order chi connectivity index (χ1) is 10.3. The number of morpholine rings is 1. The summed E-state index contributed by atoms with van der Waals surface area (Å²) in [5.74, 6) is 0. The Hall–Kier alpha value is -1.99. The summed E-state index contributed by atoms with van der Waals surface area (Å²) < 4.78 is 5.23. The van der Waals surface area contributed by atoms with Crippen LogP contribution in [0.4, 0.5) is 4.79 Å². The SMILES string of the molecule is O=C(NCc1nc(-c2ccccn2)cs1)N1CCOCC1. The van der Waals surface area contributed by atoms with E-state index in [4.69, 9.17) is 4.74 Å². The average molecular weight is 304 g/mol. The van der Waals surface area contributed by atoms with E-state index in [-0.39, 0.29) is 6.03 Å². The van der Waals surface area contributed by atoms with E-state index in [2.05, 4.69) is 15.3 Å². The monoisotopic (exact) mass is 304 g/mol. The van der Waals surface area contributed by atoms with E-state index >= 15 is 0 Å². The molecule has 110 valence electrons. The van der Waals surface area contributed by atoms with Crippen molar-refractivity contribution in [1.82, 2.24) is 20.2 Å². The van der Waals surface area contributed by atoms with Crippen molar-refractivity contribution >= 4 is 17.4 Å². The molecule has 1 N–H and O–H groups in total. The molecule has 0 aliphatic carbocycles. The van der Waals surface area contributed by atoms with E-state index in [1.54, 1.807) is 11.1 Å². The summed E-state index contributed by atoms with van der Waals surface area (Å²) in [6.45, 7) is 2.93. The number of aromatic nitrogens is 2. The number of nitrogens with zero attached hydrogens (tertiary/aromatic N) is 3. The fraction of sp³-hybridized carbons (Fsp3) is 0.357. The number of amides is 2. The number of rotatable bonds is 3. The van der Waals surface area contributed by atoms with Gasteiger partial charge in [0.15, 0.2) is 0 Å². The molecule has 21 heavy (non-hydrogen) atoms. The third kappa shape index (κ3) is 3.56. The topological polar surface area (TPSA) is 67.4 Å². The second kappa shape index (κ2) is 6.64. The van der Waals surface area contributed by atoms with Crippen molar-refractivity contribution in [3.63, 3.8) is 0 Å². The number of pyridine rings is 1. The number of nitrogens with one attached hydrogen (secondary N) is 1. The minimum absolute atomic E-state index is 0.0621. The molecule has 0 unspecified atom stereocenters. The molecule has 1 aliphatic rings.